The highest BCUT2D eigenvalue weighted by Gasteiger charge is 2.17. The van der Waals surface area contributed by atoms with E-state index in [9.17, 15) is 0 Å². The fourth-order valence-corrected chi connectivity index (χ4v) is 3.26. The van der Waals surface area contributed by atoms with E-state index < -0.39 is 0 Å². The number of hydrogen-bond donors (Lipinski definition) is 1. The summed E-state index contributed by atoms with van der Waals surface area (Å²) in [5, 5.41) is 3.68. The van der Waals surface area contributed by atoms with E-state index in [-0.39, 0.29) is 0 Å². The predicted molar refractivity (Wildman–Crippen MR) is 74.3 cm³/mol. The third kappa shape index (κ3) is 4.97. The minimum atomic E-state index is 0.965. The lowest BCUT2D eigenvalue weighted by atomic mass is 9.83. The smallest absolute Gasteiger partial charge is 0.0107 e. The highest BCUT2D eigenvalue weighted by Crippen LogP contribution is 2.27. The first-order valence-corrected chi connectivity index (χ1v) is 7.77. The van der Waals surface area contributed by atoms with Crippen LogP contribution in [0.4, 0.5) is 0 Å². The molecule has 0 aromatic rings. The third-order valence-corrected chi connectivity index (χ3v) is 4.62. The van der Waals surface area contributed by atoms with E-state index in [0.717, 1.165) is 11.8 Å². The number of piperidine rings is 1. The molecule has 0 atom stereocenters. The Morgan fingerprint density at radius 3 is 2.41 bits per heavy atom. The number of nitrogens with zero attached hydrogens (tertiary/aromatic N) is 1. The van der Waals surface area contributed by atoms with Crippen molar-refractivity contribution in [3.05, 3.63) is 0 Å². The fourth-order valence-electron chi connectivity index (χ4n) is 3.26. The summed E-state index contributed by atoms with van der Waals surface area (Å²) in [5.41, 5.74) is 0. The molecule has 0 bridgehead atoms. The van der Waals surface area contributed by atoms with Gasteiger partial charge >= 0.3 is 0 Å². The van der Waals surface area contributed by atoms with Gasteiger partial charge < -0.3 is 10.2 Å². The number of rotatable bonds is 5. The Balaban J connectivity index is 1.48. The second-order valence-corrected chi connectivity index (χ2v) is 6.23. The Hall–Kier alpha value is -0.0800. The molecule has 17 heavy (non-hydrogen) atoms. The van der Waals surface area contributed by atoms with Gasteiger partial charge in [-0.2, -0.15) is 0 Å². The fraction of sp³-hybridized carbons (Fsp3) is 1.00. The molecule has 1 N–H and O–H groups in total. The summed E-state index contributed by atoms with van der Waals surface area (Å²) in [6, 6.07) is 0. The van der Waals surface area contributed by atoms with Gasteiger partial charge in [0.15, 0.2) is 0 Å². The van der Waals surface area contributed by atoms with Crippen molar-refractivity contribution in [1.29, 1.82) is 0 Å². The van der Waals surface area contributed by atoms with Gasteiger partial charge in [0.1, 0.15) is 0 Å². The van der Waals surface area contributed by atoms with E-state index in [1.165, 1.54) is 77.7 Å². The summed E-state index contributed by atoms with van der Waals surface area (Å²) in [4.78, 5) is 2.62. The van der Waals surface area contributed by atoms with Crippen LogP contribution in [0.25, 0.3) is 0 Å². The van der Waals surface area contributed by atoms with E-state index in [0.29, 0.717) is 0 Å². The zero-order valence-electron chi connectivity index (χ0n) is 11.6. The van der Waals surface area contributed by atoms with Crippen LogP contribution in [0.15, 0.2) is 0 Å². The van der Waals surface area contributed by atoms with Gasteiger partial charge in [-0.25, -0.2) is 0 Å². The molecule has 0 aromatic carbocycles. The maximum absolute atomic E-state index is 3.68. The second kappa shape index (κ2) is 7.38. The minimum absolute atomic E-state index is 0.965. The first-order chi connectivity index (χ1) is 8.34. The van der Waals surface area contributed by atoms with Crippen LogP contribution in [0.2, 0.25) is 0 Å². The van der Waals surface area contributed by atoms with Gasteiger partial charge in [-0.15, -0.1) is 0 Å². The molecule has 0 aromatic heterocycles. The zero-order chi connectivity index (χ0) is 11.9. The van der Waals surface area contributed by atoms with Gasteiger partial charge in [-0.3, -0.25) is 0 Å². The van der Waals surface area contributed by atoms with Crippen LogP contribution in [0.5, 0.6) is 0 Å². The molecular formula is C15H30N2. The molecule has 1 heterocycles. The number of likely N-dealkylation sites (tertiary alicyclic amines) is 1. The standard InChI is InChI=1S/C15H30N2/c1-14-5-7-15(8-6-14)13-16-9-12-17-10-3-2-4-11-17/h14-16H,2-13H2,1H3. The Bertz CT molecular complexity index is 191. The van der Waals surface area contributed by atoms with Crippen molar-refractivity contribution in [2.75, 3.05) is 32.7 Å². The summed E-state index contributed by atoms with van der Waals surface area (Å²) in [7, 11) is 0. The molecule has 0 spiro atoms. The first-order valence-electron chi connectivity index (χ1n) is 7.77. The molecule has 2 aliphatic rings. The predicted octanol–water partition coefficient (Wildman–Crippen LogP) is 2.89. The highest BCUT2D eigenvalue weighted by atomic mass is 15.1. The van der Waals surface area contributed by atoms with Gasteiger partial charge in [0.05, 0.1) is 0 Å². The maximum atomic E-state index is 3.68. The molecule has 1 aliphatic carbocycles. The zero-order valence-corrected chi connectivity index (χ0v) is 11.6. The van der Waals surface area contributed by atoms with Crippen molar-refractivity contribution in [1.82, 2.24) is 10.2 Å². The minimum Gasteiger partial charge on any atom is -0.315 e. The lowest BCUT2D eigenvalue weighted by molar-refractivity contribution is 0.223. The Kier molecular flexibility index (Phi) is 5.79. The Morgan fingerprint density at radius 1 is 1.00 bits per heavy atom. The van der Waals surface area contributed by atoms with Crippen molar-refractivity contribution >= 4 is 0 Å². The van der Waals surface area contributed by atoms with Crippen molar-refractivity contribution < 1.29 is 0 Å². The normalized spacial score (nSPS) is 31.6. The number of nitrogens with one attached hydrogen (secondary N) is 1. The van der Waals surface area contributed by atoms with Crippen molar-refractivity contribution in [3.63, 3.8) is 0 Å². The summed E-state index contributed by atoms with van der Waals surface area (Å²) < 4.78 is 0. The van der Waals surface area contributed by atoms with Gasteiger partial charge in [-0.1, -0.05) is 26.2 Å². The molecule has 0 amide bonds. The van der Waals surface area contributed by atoms with E-state index >= 15 is 0 Å². The summed E-state index contributed by atoms with van der Waals surface area (Å²) in [6.07, 6.45) is 10.1. The van der Waals surface area contributed by atoms with E-state index in [2.05, 4.69) is 17.1 Å². The highest BCUT2D eigenvalue weighted by molar-refractivity contribution is 4.72. The molecule has 0 unspecified atom stereocenters. The van der Waals surface area contributed by atoms with Crippen LogP contribution in [-0.2, 0) is 0 Å². The largest absolute Gasteiger partial charge is 0.315 e. The summed E-state index contributed by atoms with van der Waals surface area (Å²) in [6.45, 7) is 8.81. The lowest BCUT2D eigenvalue weighted by Crippen LogP contribution is -2.37. The Morgan fingerprint density at radius 2 is 1.71 bits per heavy atom. The molecule has 2 heteroatoms. The van der Waals surface area contributed by atoms with E-state index in [1.54, 1.807) is 0 Å². The quantitative estimate of drug-likeness (QED) is 0.741. The van der Waals surface area contributed by atoms with Crippen molar-refractivity contribution in [2.24, 2.45) is 11.8 Å². The van der Waals surface area contributed by atoms with Crippen LogP contribution in [-0.4, -0.2) is 37.6 Å². The summed E-state index contributed by atoms with van der Waals surface area (Å²) >= 11 is 0. The molecule has 1 saturated carbocycles. The summed E-state index contributed by atoms with van der Waals surface area (Å²) in [5.74, 6) is 1.95. The van der Waals surface area contributed by atoms with Crippen LogP contribution >= 0.6 is 0 Å². The van der Waals surface area contributed by atoms with Crippen LogP contribution in [0, 0.1) is 11.8 Å². The van der Waals surface area contributed by atoms with Crippen LogP contribution in [0.3, 0.4) is 0 Å². The van der Waals surface area contributed by atoms with Gasteiger partial charge in [-0.05, 0) is 57.2 Å². The molecule has 2 fully saturated rings. The van der Waals surface area contributed by atoms with E-state index in [4.69, 9.17) is 0 Å². The Labute approximate surface area is 107 Å². The van der Waals surface area contributed by atoms with Crippen LogP contribution < -0.4 is 5.32 Å². The molecule has 1 saturated heterocycles. The monoisotopic (exact) mass is 238 g/mol. The third-order valence-electron chi connectivity index (χ3n) is 4.62. The van der Waals surface area contributed by atoms with Crippen molar-refractivity contribution in [3.8, 4) is 0 Å². The first kappa shape index (κ1) is 13.4. The van der Waals surface area contributed by atoms with Gasteiger partial charge in [0.25, 0.3) is 0 Å². The average molecular weight is 238 g/mol. The van der Waals surface area contributed by atoms with Crippen molar-refractivity contribution in [2.45, 2.75) is 51.9 Å². The molecule has 100 valence electrons. The lowest BCUT2D eigenvalue weighted by Gasteiger charge is -2.28. The average Bonchev–Trinajstić information content (AvgIpc) is 2.38. The molecule has 1 aliphatic heterocycles. The molecular weight excluding hydrogens is 208 g/mol. The number of hydrogen-bond acceptors (Lipinski definition) is 2. The topological polar surface area (TPSA) is 15.3 Å². The maximum Gasteiger partial charge on any atom is 0.0107 e. The molecule has 0 radical (unpaired) electrons. The van der Waals surface area contributed by atoms with E-state index in [1.807, 2.05) is 0 Å². The molecule has 2 nitrogen and oxygen atoms in total. The van der Waals surface area contributed by atoms with Gasteiger partial charge in [0, 0.05) is 13.1 Å². The SMILES string of the molecule is CC1CCC(CNCCN2CCCCC2)CC1. The van der Waals surface area contributed by atoms with Gasteiger partial charge in [0.2, 0.25) is 0 Å². The molecule has 2 rings (SSSR count). The van der Waals surface area contributed by atoms with Crippen LogP contribution in [0.1, 0.15) is 51.9 Å². The second-order valence-electron chi connectivity index (χ2n) is 6.23.